The molecule has 0 N–H and O–H groups in total. The van der Waals surface area contributed by atoms with Crippen LogP contribution in [0.4, 0.5) is 4.39 Å². The van der Waals surface area contributed by atoms with Crippen LogP contribution in [0, 0.1) is 5.82 Å². The van der Waals surface area contributed by atoms with Crippen LogP contribution in [-0.2, 0) is 0 Å². The van der Waals surface area contributed by atoms with E-state index in [4.69, 9.17) is 0 Å². The Morgan fingerprint density at radius 3 is 2.50 bits per heavy atom. The molecule has 2 nitrogen and oxygen atoms in total. The van der Waals surface area contributed by atoms with Crippen LogP contribution >= 0.6 is 0 Å². The summed E-state index contributed by atoms with van der Waals surface area (Å²) in [6, 6.07) is 13.9. The molecule has 1 amide bonds. The Hall–Kier alpha value is -2.16. The number of hydrogen-bond donors (Lipinski definition) is 0. The molecule has 1 atom stereocenters. The van der Waals surface area contributed by atoms with E-state index >= 15 is 0 Å². The fourth-order valence-electron chi connectivity index (χ4n) is 2.53. The Morgan fingerprint density at radius 2 is 1.78 bits per heavy atom. The number of rotatable bonds is 1. The molecule has 3 rings (SSSR count). The minimum atomic E-state index is -0.324. The summed E-state index contributed by atoms with van der Waals surface area (Å²) >= 11 is 0. The number of nitrogens with zero attached hydrogens (tertiary/aromatic N) is 1. The van der Waals surface area contributed by atoms with Crippen molar-refractivity contribution in [3.8, 4) is 0 Å². The van der Waals surface area contributed by atoms with Gasteiger partial charge in [0.2, 0.25) is 0 Å². The zero-order valence-electron chi connectivity index (χ0n) is 9.93. The van der Waals surface area contributed by atoms with E-state index in [2.05, 4.69) is 0 Å². The van der Waals surface area contributed by atoms with E-state index in [0.717, 1.165) is 5.56 Å². The lowest BCUT2D eigenvalue weighted by molar-refractivity contribution is 0.0793. The van der Waals surface area contributed by atoms with Crippen molar-refractivity contribution in [3.63, 3.8) is 0 Å². The van der Waals surface area contributed by atoms with E-state index < -0.39 is 0 Å². The second-order valence-corrected chi connectivity index (χ2v) is 4.43. The largest absolute Gasteiger partial charge is 0.330 e. The zero-order valence-corrected chi connectivity index (χ0v) is 9.93. The van der Waals surface area contributed by atoms with Crippen LogP contribution in [-0.4, -0.2) is 17.9 Å². The first-order valence-corrected chi connectivity index (χ1v) is 5.80. The molecule has 0 bridgehead atoms. The number of benzene rings is 2. The normalized spacial score (nSPS) is 18.0. The van der Waals surface area contributed by atoms with E-state index in [0.29, 0.717) is 11.1 Å². The third kappa shape index (κ3) is 1.44. The molecular weight excluding hydrogens is 229 g/mol. The SMILES string of the molecule is CN1C(=O)c2cccc(F)c2C1c1ccccc1. The third-order valence-corrected chi connectivity index (χ3v) is 3.38. The van der Waals surface area contributed by atoms with Gasteiger partial charge in [-0.25, -0.2) is 4.39 Å². The van der Waals surface area contributed by atoms with E-state index in [1.165, 1.54) is 6.07 Å². The molecule has 0 saturated heterocycles. The highest BCUT2D eigenvalue weighted by molar-refractivity contribution is 5.99. The highest BCUT2D eigenvalue weighted by atomic mass is 19.1. The maximum Gasteiger partial charge on any atom is 0.254 e. The van der Waals surface area contributed by atoms with Crippen LogP contribution in [0.3, 0.4) is 0 Å². The van der Waals surface area contributed by atoms with Crippen molar-refractivity contribution < 1.29 is 9.18 Å². The van der Waals surface area contributed by atoms with Gasteiger partial charge in [0.05, 0.1) is 6.04 Å². The topological polar surface area (TPSA) is 20.3 Å². The van der Waals surface area contributed by atoms with Gasteiger partial charge in [-0.3, -0.25) is 4.79 Å². The number of carbonyl (C=O) groups is 1. The highest BCUT2D eigenvalue weighted by Gasteiger charge is 2.37. The minimum Gasteiger partial charge on any atom is -0.330 e. The van der Waals surface area contributed by atoms with E-state index in [1.807, 2.05) is 30.3 Å². The summed E-state index contributed by atoms with van der Waals surface area (Å²) in [5.41, 5.74) is 1.87. The monoisotopic (exact) mass is 241 g/mol. The lowest BCUT2D eigenvalue weighted by Gasteiger charge is -2.21. The molecule has 1 aliphatic rings. The van der Waals surface area contributed by atoms with E-state index in [9.17, 15) is 9.18 Å². The molecule has 0 radical (unpaired) electrons. The molecule has 18 heavy (non-hydrogen) atoms. The van der Waals surface area contributed by atoms with Crippen molar-refractivity contribution in [1.82, 2.24) is 4.90 Å². The second kappa shape index (κ2) is 3.95. The lowest BCUT2D eigenvalue weighted by atomic mass is 9.97. The zero-order chi connectivity index (χ0) is 12.7. The molecule has 0 spiro atoms. The molecule has 2 aromatic rings. The van der Waals surface area contributed by atoms with Gasteiger partial charge in [0.1, 0.15) is 5.82 Å². The molecule has 1 aliphatic heterocycles. The molecule has 0 aromatic heterocycles. The summed E-state index contributed by atoms with van der Waals surface area (Å²) in [4.78, 5) is 13.7. The number of hydrogen-bond acceptors (Lipinski definition) is 1. The molecule has 0 fully saturated rings. The van der Waals surface area contributed by atoms with Crippen molar-refractivity contribution >= 4 is 5.91 Å². The van der Waals surface area contributed by atoms with Gasteiger partial charge in [-0.05, 0) is 17.7 Å². The van der Waals surface area contributed by atoms with Gasteiger partial charge >= 0.3 is 0 Å². The first kappa shape index (κ1) is 11.0. The maximum atomic E-state index is 14.0. The maximum absolute atomic E-state index is 14.0. The molecule has 2 aromatic carbocycles. The molecule has 1 heterocycles. The van der Waals surface area contributed by atoms with Crippen LogP contribution < -0.4 is 0 Å². The molecular formula is C15H12FNO. The molecule has 1 unspecified atom stereocenters. The van der Waals surface area contributed by atoms with Crippen LogP contribution in [0.1, 0.15) is 27.5 Å². The Balaban J connectivity index is 2.22. The van der Waals surface area contributed by atoms with Gasteiger partial charge in [-0.15, -0.1) is 0 Å². The summed E-state index contributed by atoms with van der Waals surface area (Å²) in [6.45, 7) is 0. The van der Waals surface area contributed by atoms with Crippen molar-refractivity contribution in [2.45, 2.75) is 6.04 Å². The number of amides is 1. The van der Waals surface area contributed by atoms with Gasteiger partial charge in [0, 0.05) is 18.2 Å². The van der Waals surface area contributed by atoms with E-state index in [1.54, 1.807) is 24.1 Å². The standard InChI is InChI=1S/C15H12FNO/c1-17-14(10-6-3-2-4-7-10)13-11(15(17)18)8-5-9-12(13)16/h2-9,14H,1H3. The van der Waals surface area contributed by atoms with Crippen molar-refractivity contribution in [3.05, 3.63) is 71.0 Å². The fraction of sp³-hybridized carbons (Fsp3) is 0.133. The van der Waals surface area contributed by atoms with Gasteiger partial charge in [0.15, 0.2) is 0 Å². The highest BCUT2D eigenvalue weighted by Crippen LogP contribution is 2.38. The van der Waals surface area contributed by atoms with Crippen LogP contribution in [0.15, 0.2) is 48.5 Å². The smallest absolute Gasteiger partial charge is 0.254 e. The van der Waals surface area contributed by atoms with Crippen LogP contribution in [0.2, 0.25) is 0 Å². The Morgan fingerprint density at radius 1 is 1.06 bits per heavy atom. The average molecular weight is 241 g/mol. The quantitative estimate of drug-likeness (QED) is 0.751. The molecule has 3 heteroatoms. The number of fused-ring (bicyclic) bond motifs is 1. The number of halogens is 1. The average Bonchev–Trinajstić information content (AvgIpc) is 2.65. The van der Waals surface area contributed by atoms with Crippen LogP contribution in [0.25, 0.3) is 0 Å². The Kier molecular flexibility index (Phi) is 2.40. The summed E-state index contributed by atoms with van der Waals surface area (Å²) in [6.07, 6.45) is 0. The summed E-state index contributed by atoms with van der Waals surface area (Å²) in [5.74, 6) is -0.447. The molecule has 0 saturated carbocycles. The Bertz CT molecular complexity index is 609. The first-order valence-electron chi connectivity index (χ1n) is 5.80. The van der Waals surface area contributed by atoms with Crippen molar-refractivity contribution in [2.24, 2.45) is 0 Å². The first-order chi connectivity index (χ1) is 8.70. The van der Waals surface area contributed by atoms with Crippen molar-refractivity contribution in [1.29, 1.82) is 0 Å². The summed E-state index contributed by atoms with van der Waals surface area (Å²) in [7, 11) is 1.71. The summed E-state index contributed by atoms with van der Waals surface area (Å²) < 4.78 is 14.0. The van der Waals surface area contributed by atoms with Gasteiger partial charge in [-0.1, -0.05) is 36.4 Å². The lowest BCUT2D eigenvalue weighted by Crippen LogP contribution is -2.23. The van der Waals surface area contributed by atoms with Crippen LogP contribution in [0.5, 0.6) is 0 Å². The number of carbonyl (C=O) groups excluding carboxylic acids is 1. The summed E-state index contributed by atoms with van der Waals surface area (Å²) in [5, 5.41) is 0. The minimum absolute atomic E-state index is 0.127. The Labute approximate surface area is 105 Å². The van der Waals surface area contributed by atoms with Gasteiger partial charge in [0.25, 0.3) is 5.91 Å². The molecule has 0 aliphatic carbocycles. The van der Waals surface area contributed by atoms with Gasteiger partial charge in [-0.2, -0.15) is 0 Å². The predicted octanol–water partition coefficient (Wildman–Crippen LogP) is 3.00. The fourth-order valence-corrected chi connectivity index (χ4v) is 2.53. The second-order valence-electron chi connectivity index (χ2n) is 4.43. The molecule has 90 valence electrons. The third-order valence-electron chi connectivity index (χ3n) is 3.38. The predicted molar refractivity (Wildman–Crippen MR) is 66.8 cm³/mol. The van der Waals surface area contributed by atoms with Gasteiger partial charge < -0.3 is 4.90 Å². The van der Waals surface area contributed by atoms with E-state index in [-0.39, 0.29) is 17.8 Å². The van der Waals surface area contributed by atoms with Crippen molar-refractivity contribution in [2.75, 3.05) is 7.05 Å².